The maximum Gasteiger partial charge on any atom is 0.159 e. The minimum Gasteiger partial charge on any atom is -0.387 e. The summed E-state index contributed by atoms with van der Waals surface area (Å²) in [6.45, 7) is 9.42. The first-order valence-corrected chi connectivity index (χ1v) is 19.1. The third kappa shape index (κ3) is 5.15. The van der Waals surface area contributed by atoms with Crippen LogP contribution in [0.25, 0.3) is 0 Å². The molecule has 48 heavy (non-hydrogen) atoms. The average molecular weight is 669 g/mol. The van der Waals surface area contributed by atoms with Crippen LogP contribution in [-0.2, 0) is 19.0 Å². The van der Waals surface area contributed by atoms with Crippen molar-refractivity contribution in [1.29, 1.82) is 0 Å². The van der Waals surface area contributed by atoms with Crippen LogP contribution in [0.15, 0.2) is 11.6 Å². The van der Waals surface area contributed by atoms with Crippen molar-refractivity contribution in [3.8, 4) is 11.8 Å². The molecule has 5 aliphatic carbocycles. The van der Waals surface area contributed by atoms with Crippen molar-refractivity contribution in [2.24, 2.45) is 52.3 Å². The predicted octanol–water partition coefficient (Wildman–Crippen LogP) is 4.60. The van der Waals surface area contributed by atoms with Gasteiger partial charge in [-0.3, -0.25) is 4.79 Å². The molecule has 268 valence electrons. The maximum atomic E-state index is 14.1. The number of fused-ring (bicyclic) bond motifs is 6. The van der Waals surface area contributed by atoms with Crippen molar-refractivity contribution in [2.45, 2.75) is 146 Å². The zero-order chi connectivity index (χ0) is 34.2. The molecule has 15 atom stereocenters. The molecular weight excluding hydrogens is 608 g/mol. The van der Waals surface area contributed by atoms with Crippen LogP contribution in [0.5, 0.6) is 0 Å². The highest BCUT2D eigenvalue weighted by Crippen LogP contribution is 2.71. The summed E-state index contributed by atoms with van der Waals surface area (Å²) in [6, 6.07) is 0. The van der Waals surface area contributed by atoms with E-state index >= 15 is 0 Å². The molecule has 1 saturated heterocycles. The van der Waals surface area contributed by atoms with Gasteiger partial charge in [0, 0.05) is 38.1 Å². The topological polar surface area (TPSA) is 126 Å². The molecule has 0 aromatic carbocycles. The Hall–Kier alpha value is -1.31. The lowest BCUT2D eigenvalue weighted by Crippen LogP contribution is -2.66. The molecule has 0 spiro atoms. The molecule has 2 aliphatic heterocycles. The summed E-state index contributed by atoms with van der Waals surface area (Å²) in [5.74, 6) is 6.32. The van der Waals surface area contributed by atoms with E-state index in [4.69, 9.17) is 14.2 Å². The van der Waals surface area contributed by atoms with Gasteiger partial charge in [0.15, 0.2) is 5.78 Å². The van der Waals surface area contributed by atoms with Crippen molar-refractivity contribution in [3.05, 3.63) is 11.6 Å². The number of aliphatic hydroxyl groups excluding tert-OH is 2. The van der Waals surface area contributed by atoms with Crippen molar-refractivity contribution in [1.82, 2.24) is 0 Å². The van der Waals surface area contributed by atoms with Gasteiger partial charge in [0.05, 0.1) is 29.5 Å². The van der Waals surface area contributed by atoms with E-state index in [1.54, 1.807) is 20.1 Å². The predicted molar refractivity (Wildman–Crippen MR) is 180 cm³/mol. The lowest BCUT2D eigenvalue weighted by molar-refractivity contribution is -0.211. The maximum absolute atomic E-state index is 14.1. The Morgan fingerprint density at radius 2 is 1.73 bits per heavy atom. The molecular formula is C40H60O8. The largest absolute Gasteiger partial charge is 0.387 e. The molecule has 5 fully saturated rings. The van der Waals surface area contributed by atoms with Crippen LogP contribution in [0, 0.1) is 64.1 Å². The molecule has 7 rings (SSSR count). The molecule has 8 heteroatoms. The highest BCUT2D eigenvalue weighted by atomic mass is 16.5. The SMILES string of the molecule is COCCCO[C@H]1CC[C@@]2(C)[C@@H](C1)C(=O)C=C1[C@@H]2C[C@H]2CC#C[C@@H](O)[C@@H]3O[C@@H]([C@H](C)[C@H]3C3CCCC3)[C@@H](O)[C@@](C)(O)[C@H]3CC[C@]1(O)[C@]23C. The summed E-state index contributed by atoms with van der Waals surface area (Å²) in [6.07, 6.45) is 8.30. The van der Waals surface area contributed by atoms with E-state index in [1.807, 2.05) is 0 Å². The second kappa shape index (κ2) is 12.7. The molecule has 7 aliphatic rings. The van der Waals surface area contributed by atoms with E-state index in [1.165, 1.54) is 0 Å². The number of ketones is 1. The molecule has 8 nitrogen and oxygen atoms in total. The number of hydrogen-bond acceptors (Lipinski definition) is 8. The van der Waals surface area contributed by atoms with Gasteiger partial charge in [-0.05, 0) is 104 Å². The third-order valence-electron chi connectivity index (χ3n) is 15.5. The Kier molecular flexibility index (Phi) is 9.31. The van der Waals surface area contributed by atoms with Crippen molar-refractivity contribution in [2.75, 3.05) is 20.3 Å². The number of rotatable bonds is 6. The van der Waals surface area contributed by atoms with Crippen LogP contribution in [0.3, 0.4) is 0 Å². The molecule has 0 radical (unpaired) electrons. The fraction of sp³-hybridized carbons (Fsp3) is 0.875. The fourth-order valence-electron chi connectivity index (χ4n) is 12.8. The number of ether oxygens (including phenoxy) is 3. The van der Waals surface area contributed by atoms with Crippen LogP contribution in [0.4, 0.5) is 0 Å². The van der Waals surface area contributed by atoms with E-state index in [0.29, 0.717) is 44.8 Å². The van der Waals surface area contributed by atoms with Gasteiger partial charge in [0.2, 0.25) is 0 Å². The van der Waals surface area contributed by atoms with E-state index in [9.17, 15) is 25.2 Å². The monoisotopic (exact) mass is 668 g/mol. The second-order valence-electron chi connectivity index (χ2n) is 17.6. The lowest BCUT2D eigenvalue weighted by Gasteiger charge is -2.63. The molecule has 0 aromatic rings. The Morgan fingerprint density at radius 1 is 0.979 bits per heavy atom. The van der Waals surface area contributed by atoms with Gasteiger partial charge in [0.1, 0.15) is 12.2 Å². The number of carbonyl (C=O) groups is 1. The highest BCUT2D eigenvalue weighted by Gasteiger charge is 2.72. The van der Waals surface area contributed by atoms with E-state index < -0.39 is 47.0 Å². The zero-order valence-electron chi connectivity index (χ0n) is 29.8. The first kappa shape index (κ1) is 35.1. The first-order chi connectivity index (χ1) is 22.8. The van der Waals surface area contributed by atoms with Gasteiger partial charge in [-0.2, -0.15) is 0 Å². The normalized spacial score (nSPS) is 51.9. The Balaban J connectivity index is 1.25. The van der Waals surface area contributed by atoms with Crippen molar-refractivity contribution in [3.63, 3.8) is 0 Å². The summed E-state index contributed by atoms with van der Waals surface area (Å²) < 4.78 is 18.0. The zero-order valence-corrected chi connectivity index (χ0v) is 29.8. The number of methoxy groups -OCH3 is 1. The Morgan fingerprint density at radius 3 is 2.46 bits per heavy atom. The van der Waals surface area contributed by atoms with Gasteiger partial charge in [0.25, 0.3) is 0 Å². The van der Waals surface area contributed by atoms with Gasteiger partial charge < -0.3 is 34.6 Å². The van der Waals surface area contributed by atoms with E-state index in [2.05, 4.69) is 32.6 Å². The van der Waals surface area contributed by atoms with Crippen LogP contribution in [-0.4, -0.2) is 88.3 Å². The molecule has 4 N–H and O–H groups in total. The Bertz CT molecular complexity index is 1330. The van der Waals surface area contributed by atoms with E-state index in [0.717, 1.165) is 56.9 Å². The molecule has 0 aromatic heterocycles. The molecule has 2 bridgehead atoms. The summed E-state index contributed by atoms with van der Waals surface area (Å²) in [4.78, 5) is 14.1. The minimum atomic E-state index is -1.57. The molecule has 0 unspecified atom stereocenters. The fourth-order valence-corrected chi connectivity index (χ4v) is 12.8. The smallest absolute Gasteiger partial charge is 0.159 e. The lowest BCUT2D eigenvalue weighted by atomic mass is 9.43. The number of carbonyl (C=O) groups excluding carboxylic acids is 1. The highest BCUT2D eigenvalue weighted by molar-refractivity contribution is 5.95. The standard InChI is InChI=1S/C40H60O8/c1-23-33(24-10-6-7-11-24)35-30(41)13-8-12-25-20-27-28(22-31(42)29-21-26(14-16-37(27,29)2)47-19-9-18-46-5)40(45)17-15-32(38(25,40)3)39(4,44)36(43)34(23)48-35/h22-27,29-30,32-36,41,43-45H,6-7,9-12,14-21H2,1-5H3/t23-,25-,26+,27+,29+,30-,32+,33+,34+,35+,36-,37-,38-,39+,40-/m1/s1. The number of hydrogen-bond donors (Lipinski definition) is 4. The van der Waals surface area contributed by atoms with Crippen molar-refractivity contribution >= 4 is 5.78 Å². The Labute approximate surface area is 287 Å². The van der Waals surface area contributed by atoms with Crippen molar-refractivity contribution < 1.29 is 39.4 Å². The summed E-state index contributed by atoms with van der Waals surface area (Å²) in [5.41, 5.74) is -3.24. The van der Waals surface area contributed by atoms with Crippen LogP contribution >= 0.6 is 0 Å². The summed E-state index contributed by atoms with van der Waals surface area (Å²) in [5, 5.41) is 49.3. The first-order valence-electron chi connectivity index (χ1n) is 19.1. The number of aliphatic hydroxyl groups is 4. The van der Waals surface area contributed by atoms with Gasteiger partial charge in [-0.15, -0.1) is 5.92 Å². The molecule has 0 amide bonds. The summed E-state index contributed by atoms with van der Waals surface area (Å²) in [7, 11) is 1.69. The minimum absolute atomic E-state index is 0.00255. The third-order valence-corrected chi connectivity index (χ3v) is 15.5. The average Bonchev–Trinajstić information content (AvgIpc) is 3.76. The van der Waals surface area contributed by atoms with Crippen LogP contribution < -0.4 is 0 Å². The second-order valence-corrected chi connectivity index (χ2v) is 17.6. The van der Waals surface area contributed by atoms with Gasteiger partial charge in [-0.1, -0.05) is 52.4 Å². The number of allylic oxidation sites excluding steroid dienone is 1. The quantitative estimate of drug-likeness (QED) is 0.239. The van der Waals surface area contributed by atoms with Crippen LogP contribution in [0.1, 0.15) is 105 Å². The molecule has 2 heterocycles. The molecule has 4 saturated carbocycles. The van der Waals surface area contributed by atoms with Gasteiger partial charge >= 0.3 is 0 Å². The van der Waals surface area contributed by atoms with Gasteiger partial charge in [-0.25, -0.2) is 0 Å². The van der Waals surface area contributed by atoms with Crippen LogP contribution in [0.2, 0.25) is 0 Å². The summed E-state index contributed by atoms with van der Waals surface area (Å²) >= 11 is 0. The van der Waals surface area contributed by atoms with E-state index in [-0.39, 0.29) is 46.9 Å².